The second kappa shape index (κ2) is 4.63. The molecule has 1 aromatic heterocycles. The lowest BCUT2D eigenvalue weighted by atomic mass is 10.1. The molecule has 0 aliphatic heterocycles. The fourth-order valence-electron chi connectivity index (χ4n) is 1.32. The van der Waals surface area contributed by atoms with Gasteiger partial charge in [0.2, 0.25) is 0 Å². The van der Waals surface area contributed by atoms with Gasteiger partial charge in [-0.3, -0.25) is 9.59 Å². The Hall–Kier alpha value is -2.40. The number of nitrogens with two attached hydrogens (primary N) is 1. The Morgan fingerprint density at radius 1 is 1.35 bits per heavy atom. The summed E-state index contributed by atoms with van der Waals surface area (Å²) in [5.41, 5.74) is 0.343. The number of hydrogen-bond acceptors (Lipinski definition) is 4. The second-order valence-corrected chi connectivity index (χ2v) is 3.36. The van der Waals surface area contributed by atoms with Crippen LogP contribution in [-0.2, 0) is 4.79 Å². The summed E-state index contributed by atoms with van der Waals surface area (Å²) < 4.78 is 4.92. The van der Waals surface area contributed by atoms with Gasteiger partial charge in [-0.15, -0.1) is 0 Å². The van der Waals surface area contributed by atoms with Crippen molar-refractivity contribution in [3.63, 3.8) is 0 Å². The maximum absolute atomic E-state index is 11.7. The molecule has 0 atom stereocenters. The van der Waals surface area contributed by atoms with E-state index in [0.29, 0.717) is 5.57 Å². The average Bonchev–Trinajstić information content (AvgIpc) is 2.84. The van der Waals surface area contributed by atoms with Crippen molar-refractivity contribution in [2.75, 3.05) is 0 Å². The molecule has 0 saturated carbocycles. The van der Waals surface area contributed by atoms with Crippen LogP contribution < -0.4 is 5.84 Å². The summed E-state index contributed by atoms with van der Waals surface area (Å²) in [5, 5.41) is 0.829. The summed E-state index contributed by atoms with van der Waals surface area (Å²) >= 11 is 0. The number of allylic oxidation sites excluding steroid dienone is 5. The van der Waals surface area contributed by atoms with Crippen LogP contribution >= 0.6 is 0 Å². The molecular formula is C12H10N2O3. The van der Waals surface area contributed by atoms with Crippen LogP contribution in [0.2, 0.25) is 0 Å². The van der Waals surface area contributed by atoms with E-state index in [0.717, 1.165) is 5.01 Å². The Bertz CT molecular complexity index is 524. The van der Waals surface area contributed by atoms with E-state index < -0.39 is 5.91 Å². The topological polar surface area (TPSA) is 76.5 Å². The Morgan fingerprint density at radius 3 is 2.76 bits per heavy atom. The van der Waals surface area contributed by atoms with Gasteiger partial charge in [0.25, 0.3) is 0 Å². The second-order valence-electron chi connectivity index (χ2n) is 3.36. The standard InChI is InChI=1S/C12H10N2O3/c13-14(12(16)11-6-3-7-17-11)8-9-4-1-2-5-10(9)15/h1-8H,13H2/b9-8+. The molecule has 2 rings (SSSR count). The molecule has 0 radical (unpaired) electrons. The summed E-state index contributed by atoms with van der Waals surface area (Å²) in [6.07, 6.45) is 8.94. The molecule has 1 aliphatic rings. The maximum Gasteiger partial charge on any atom is 0.307 e. The lowest BCUT2D eigenvalue weighted by Gasteiger charge is -2.11. The largest absolute Gasteiger partial charge is 0.459 e. The fourth-order valence-corrected chi connectivity index (χ4v) is 1.32. The zero-order valence-electron chi connectivity index (χ0n) is 8.87. The van der Waals surface area contributed by atoms with Crippen molar-refractivity contribution >= 4 is 11.7 Å². The van der Waals surface area contributed by atoms with Gasteiger partial charge < -0.3 is 4.42 Å². The van der Waals surface area contributed by atoms with Crippen LogP contribution in [0.25, 0.3) is 0 Å². The molecule has 2 N–H and O–H groups in total. The molecule has 0 saturated heterocycles. The van der Waals surface area contributed by atoms with Gasteiger partial charge in [0.05, 0.1) is 6.26 Å². The first kappa shape index (κ1) is 11.1. The summed E-state index contributed by atoms with van der Waals surface area (Å²) in [5.74, 6) is 4.94. The van der Waals surface area contributed by atoms with Crippen molar-refractivity contribution in [2.45, 2.75) is 0 Å². The van der Waals surface area contributed by atoms with Crippen LogP contribution in [0.1, 0.15) is 10.6 Å². The average molecular weight is 230 g/mol. The van der Waals surface area contributed by atoms with Crippen LogP contribution in [0.3, 0.4) is 0 Å². The minimum atomic E-state index is -0.516. The Morgan fingerprint density at radius 2 is 2.12 bits per heavy atom. The van der Waals surface area contributed by atoms with Crippen molar-refractivity contribution < 1.29 is 14.0 Å². The minimum absolute atomic E-state index is 0.118. The third kappa shape index (κ3) is 2.40. The number of nitrogens with zero attached hydrogens (tertiary/aromatic N) is 1. The molecule has 0 aromatic carbocycles. The molecule has 5 heteroatoms. The highest BCUT2D eigenvalue weighted by Crippen LogP contribution is 2.09. The van der Waals surface area contributed by atoms with Gasteiger partial charge in [0.15, 0.2) is 11.5 Å². The molecule has 1 heterocycles. The number of amides is 1. The van der Waals surface area contributed by atoms with E-state index in [4.69, 9.17) is 10.3 Å². The molecule has 5 nitrogen and oxygen atoms in total. The third-order valence-corrected chi connectivity index (χ3v) is 2.16. The van der Waals surface area contributed by atoms with E-state index in [2.05, 4.69) is 0 Å². The highest BCUT2D eigenvalue weighted by Gasteiger charge is 2.15. The van der Waals surface area contributed by atoms with E-state index >= 15 is 0 Å². The monoisotopic (exact) mass is 230 g/mol. The molecule has 0 unspecified atom stereocenters. The molecule has 0 bridgehead atoms. The third-order valence-electron chi connectivity index (χ3n) is 2.16. The molecule has 86 valence electrons. The van der Waals surface area contributed by atoms with Crippen LogP contribution in [0.4, 0.5) is 0 Å². The zero-order valence-corrected chi connectivity index (χ0v) is 8.87. The van der Waals surface area contributed by atoms with Crippen molar-refractivity contribution in [1.29, 1.82) is 0 Å². The minimum Gasteiger partial charge on any atom is -0.459 e. The fraction of sp³-hybridized carbons (Fsp3) is 0. The number of ketones is 1. The predicted molar refractivity (Wildman–Crippen MR) is 60.4 cm³/mol. The Balaban J connectivity index is 2.16. The number of hydrazine groups is 1. The van der Waals surface area contributed by atoms with Crippen molar-refractivity contribution in [2.24, 2.45) is 5.84 Å². The van der Waals surface area contributed by atoms with Gasteiger partial charge in [-0.05, 0) is 24.3 Å². The van der Waals surface area contributed by atoms with E-state index in [1.807, 2.05) is 0 Å². The number of rotatable bonds is 2. The van der Waals surface area contributed by atoms with Crippen LogP contribution in [0, 0.1) is 0 Å². The number of furan rings is 1. The predicted octanol–water partition coefficient (Wildman–Crippen LogP) is 1.17. The summed E-state index contributed by atoms with van der Waals surface area (Å²) in [6.45, 7) is 0. The highest BCUT2D eigenvalue weighted by molar-refractivity contribution is 6.07. The Labute approximate surface area is 97.5 Å². The van der Waals surface area contributed by atoms with Gasteiger partial charge in [0, 0.05) is 11.8 Å². The van der Waals surface area contributed by atoms with Crippen LogP contribution in [0.5, 0.6) is 0 Å². The number of hydrogen-bond donors (Lipinski definition) is 1. The van der Waals surface area contributed by atoms with Gasteiger partial charge >= 0.3 is 5.91 Å². The smallest absolute Gasteiger partial charge is 0.307 e. The van der Waals surface area contributed by atoms with Crippen molar-refractivity contribution in [1.82, 2.24) is 5.01 Å². The number of carbonyl (C=O) groups excluding carboxylic acids is 2. The maximum atomic E-state index is 11.7. The molecule has 1 aliphatic carbocycles. The molecular weight excluding hydrogens is 220 g/mol. The molecule has 0 spiro atoms. The lowest BCUT2D eigenvalue weighted by molar-refractivity contribution is -0.111. The quantitative estimate of drug-likeness (QED) is 0.358. The van der Waals surface area contributed by atoms with E-state index in [1.54, 1.807) is 24.3 Å². The SMILES string of the molecule is NN(/C=C1\C=CC=CC1=O)C(=O)c1ccco1. The van der Waals surface area contributed by atoms with Gasteiger partial charge in [-0.25, -0.2) is 10.9 Å². The summed E-state index contributed by atoms with van der Waals surface area (Å²) in [7, 11) is 0. The summed E-state index contributed by atoms with van der Waals surface area (Å²) in [6, 6.07) is 3.09. The van der Waals surface area contributed by atoms with Gasteiger partial charge in [-0.2, -0.15) is 0 Å². The normalized spacial score (nSPS) is 16.5. The van der Waals surface area contributed by atoms with Crippen LogP contribution in [0.15, 0.2) is 58.9 Å². The molecule has 0 fully saturated rings. The Kier molecular flexibility index (Phi) is 3.02. The van der Waals surface area contributed by atoms with E-state index in [-0.39, 0.29) is 11.5 Å². The molecule has 17 heavy (non-hydrogen) atoms. The first-order valence-corrected chi connectivity index (χ1v) is 4.91. The summed E-state index contributed by atoms with van der Waals surface area (Å²) in [4.78, 5) is 23.1. The number of carbonyl (C=O) groups is 2. The highest BCUT2D eigenvalue weighted by atomic mass is 16.3. The molecule has 1 aromatic rings. The first-order valence-electron chi connectivity index (χ1n) is 4.91. The zero-order chi connectivity index (χ0) is 12.3. The van der Waals surface area contributed by atoms with Gasteiger partial charge in [-0.1, -0.05) is 12.2 Å². The van der Waals surface area contributed by atoms with Gasteiger partial charge in [0.1, 0.15) is 0 Å². The van der Waals surface area contributed by atoms with E-state index in [9.17, 15) is 9.59 Å². The molecule has 1 amide bonds. The van der Waals surface area contributed by atoms with E-state index in [1.165, 1.54) is 24.6 Å². The van der Waals surface area contributed by atoms with Crippen LogP contribution in [-0.4, -0.2) is 16.7 Å². The van der Waals surface area contributed by atoms with Crippen molar-refractivity contribution in [3.8, 4) is 0 Å². The first-order chi connectivity index (χ1) is 8.18. The van der Waals surface area contributed by atoms with Crippen molar-refractivity contribution in [3.05, 3.63) is 60.2 Å². The lowest BCUT2D eigenvalue weighted by Crippen LogP contribution is -2.32.